The van der Waals surface area contributed by atoms with E-state index in [9.17, 15) is 18.0 Å². The lowest BCUT2D eigenvalue weighted by Gasteiger charge is -2.15. The number of benzene rings is 1. The van der Waals surface area contributed by atoms with Gasteiger partial charge in [0.25, 0.3) is 15.9 Å². The number of sulfonamides is 1. The van der Waals surface area contributed by atoms with Crippen LogP contribution in [0.1, 0.15) is 12.5 Å². The minimum Gasteiger partial charge on any atom is -0.481 e. The molecule has 1 amide bonds. The highest BCUT2D eigenvalue weighted by Crippen LogP contribution is 2.23. The molecular formula is C17H16N2O6S2. The van der Waals surface area contributed by atoms with Crippen LogP contribution in [-0.2, 0) is 14.8 Å². The van der Waals surface area contributed by atoms with Gasteiger partial charge in [-0.3, -0.25) is 10.2 Å². The van der Waals surface area contributed by atoms with E-state index in [1.54, 1.807) is 30.5 Å². The van der Waals surface area contributed by atoms with Gasteiger partial charge in [0.05, 0.1) is 0 Å². The third-order valence-corrected chi connectivity index (χ3v) is 6.32. The fraction of sp³-hybridized carbons (Fsp3) is 0.176. The number of ether oxygens (including phenoxy) is 1. The van der Waals surface area contributed by atoms with Crippen molar-refractivity contribution >= 4 is 38.2 Å². The van der Waals surface area contributed by atoms with Gasteiger partial charge in [0.2, 0.25) is 0 Å². The van der Waals surface area contributed by atoms with Crippen molar-refractivity contribution in [2.45, 2.75) is 24.2 Å². The Morgan fingerprint density at radius 3 is 2.74 bits per heavy atom. The highest BCUT2D eigenvalue weighted by Gasteiger charge is 2.20. The minimum atomic E-state index is -3.83. The molecule has 0 saturated carbocycles. The van der Waals surface area contributed by atoms with Crippen molar-refractivity contribution in [1.82, 2.24) is 10.3 Å². The molecule has 0 spiro atoms. The van der Waals surface area contributed by atoms with E-state index in [2.05, 4.69) is 5.43 Å². The monoisotopic (exact) mass is 408 g/mol. The van der Waals surface area contributed by atoms with Gasteiger partial charge in [0.15, 0.2) is 6.10 Å². The predicted octanol–water partition coefficient (Wildman–Crippen LogP) is 1.94. The van der Waals surface area contributed by atoms with Crippen LogP contribution in [0.15, 0.2) is 55.2 Å². The average Bonchev–Trinajstić information content (AvgIpc) is 3.14. The summed E-state index contributed by atoms with van der Waals surface area (Å²) in [5.74, 6) is -0.374. The van der Waals surface area contributed by atoms with Crippen LogP contribution >= 0.6 is 11.3 Å². The van der Waals surface area contributed by atoms with Crippen molar-refractivity contribution < 1.29 is 22.4 Å². The van der Waals surface area contributed by atoms with Gasteiger partial charge >= 0.3 is 5.63 Å². The van der Waals surface area contributed by atoms with E-state index in [0.717, 1.165) is 22.3 Å². The Morgan fingerprint density at radius 1 is 1.26 bits per heavy atom. The Kier molecular flexibility index (Phi) is 5.31. The number of carbonyl (C=O) groups is 1. The van der Waals surface area contributed by atoms with Gasteiger partial charge in [0, 0.05) is 17.5 Å². The van der Waals surface area contributed by atoms with E-state index in [0.29, 0.717) is 11.3 Å². The molecule has 0 bridgehead atoms. The van der Waals surface area contributed by atoms with Crippen molar-refractivity contribution in [1.29, 1.82) is 0 Å². The largest absolute Gasteiger partial charge is 0.481 e. The van der Waals surface area contributed by atoms with Crippen molar-refractivity contribution in [2.75, 3.05) is 0 Å². The third kappa shape index (κ3) is 4.35. The number of hydrogen-bond donors (Lipinski definition) is 2. The van der Waals surface area contributed by atoms with E-state index in [4.69, 9.17) is 9.15 Å². The van der Waals surface area contributed by atoms with Crippen molar-refractivity contribution in [3.05, 3.63) is 57.8 Å². The van der Waals surface area contributed by atoms with Gasteiger partial charge in [-0.05, 0) is 43.0 Å². The predicted molar refractivity (Wildman–Crippen MR) is 100 cm³/mol. The fourth-order valence-corrected chi connectivity index (χ4v) is 4.16. The molecule has 0 unspecified atom stereocenters. The van der Waals surface area contributed by atoms with Gasteiger partial charge in [0.1, 0.15) is 15.5 Å². The highest BCUT2D eigenvalue weighted by atomic mass is 32.2. The molecule has 142 valence electrons. The second kappa shape index (κ2) is 7.51. The van der Waals surface area contributed by atoms with Crippen LogP contribution in [0.4, 0.5) is 0 Å². The number of fused-ring (bicyclic) bond motifs is 1. The molecule has 1 aromatic carbocycles. The van der Waals surface area contributed by atoms with Gasteiger partial charge in [-0.15, -0.1) is 16.2 Å². The van der Waals surface area contributed by atoms with Crippen LogP contribution in [0.2, 0.25) is 0 Å². The minimum absolute atomic E-state index is 0.0799. The second-order valence-electron chi connectivity index (χ2n) is 5.69. The summed E-state index contributed by atoms with van der Waals surface area (Å²) in [5, 5.41) is 2.37. The van der Waals surface area contributed by atoms with Crippen LogP contribution in [-0.4, -0.2) is 20.4 Å². The summed E-state index contributed by atoms with van der Waals surface area (Å²) >= 11 is 1.03. The maximum Gasteiger partial charge on any atom is 0.336 e. The normalized spacial score (nSPS) is 12.7. The lowest BCUT2D eigenvalue weighted by molar-refractivity contribution is -0.127. The summed E-state index contributed by atoms with van der Waals surface area (Å²) in [5.41, 5.74) is 2.74. The Hall–Kier alpha value is -2.69. The molecule has 0 radical (unpaired) electrons. The maximum absolute atomic E-state index is 12.1. The first-order valence-electron chi connectivity index (χ1n) is 7.82. The quantitative estimate of drug-likeness (QED) is 0.476. The van der Waals surface area contributed by atoms with Crippen LogP contribution in [0.25, 0.3) is 11.0 Å². The molecule has 2 heterocycles. The van der Waals surface area contributed by atoms with Gasteiger partial charge in [-0.1, -0.05) is 6.07 Å². The first-order valence-corrected chi connectivity index (χ1v) is 10.2. The Balaban J connectivity index is 1.68. The topological polar surface area (TPSA) is 115 Å². The van der Waals surface area contributed by atoms with Crippen LogP contribution in [0.5, 0.6) is 5.75 Å². The number of amides is 1. The smallest absolute Gasteiger partial charge is 0.336 e. The van der Waals surface area contributed by atoms with Gasteiger partial charge in [-0.2, -0.15) is 0 Å². The van der Waals surface area contributed by atoms with Crippen molar-refractivity contribution in [3.63, 3.8) is 0 Å². The highest BCUT2D eigenvalue weighted by molar-refractivity contribution is 7.91. The fourth-order valence-electron chi connectivity index (χ4n) is 2.32. The Labute approximate surface area is 158 Å². The molecule has 2 aromatic heterocycles. The number of nitrogens with one attached hydrogen (secondary N) is 2. The number of hydrogen-bond acceptors (Lipinski definition) is 7. The summed E-state index contributed by atoms with van der Waals surface area (Å²) in [6.07, 6.45) is -0.995. The van der Waals surface area contributed by atoms with Crippen LogP contribution in [0.3, 0.4) is 0 Å². The zero-order chi connectivity index (χ0) is 19.6. The van der Waals surface area contributed by atoms with E-state index in [1.807, 2.05) is 4.83 Å². The molecule has 2 N–H and O–H groups in total. The first kappa shape index (κ1) is 19.1. The van der Waals surface area contributed by atoms with E-state index < -0.39 is 27.7 Å². The molecule has 1 atom stereocenters. The number of aryl methyl sites for hydroxylation is 1. The van der Waals surface area contributed by atoms with Gasteiger partial charge in [-0.25, -0.2) is 13.2 Å². The number of hydrazine groups is 1. The molecule has 27 heavy (non-hydrogen) atoms. The summed E-state index contributed by atoms with van der Waals surface area (Å²) < 4.78 is 34.7. The number of carbonyl (C=O) groups excluding carboxylic acids is 1. The number of thiophene rings is 1. The molecular weight excluding hydrogens is 392 g/mol. The summed E-state index contributed by atoms with van der Waals surface area (Å²) in [6.45, 7) is 3.25. The standard InChI is InChI=1S/C17H16N2O6S2/c1-10-8-15(20)25-14-9-12(5-6-13(10)14)24-11(2)17(21)18-19-27(22,23)16-4-3-7-26-16/h3-9,11,19H,1-2H3,(H,18,21)/t11-/m1/s1. The van der Waals surface area contributed by atoms with E-state index in [1.165, 1.54) is 25.1 Å². The maximum atomic E-state index is 12.1. The molecule has 0 aliphatic rings. The molecule has 8 nitrogen and oxygen atoms in total. The zero-order valence-corrected chi connectivity index (χ0v) is 16.0. The third-order valence-electron chi connectivity index (χ3n) is 3.67. The first-order chi connectivity index (χ1) is 12.8. The summed E-state index contributed by atoms with van der Waals surface area (Å²) in [7, 11) is -3.83. The SMILES string of the molecule is Cc1cc(=O)oc2cc(O[C@H](C)C(=O)NNS(=O)(=O)c3cccs3)ccc12. The molecule has 0 fully saturated rings. The summed E-state index contributed by atoms with van der Waals surface area (Å²) in [6, 6.07) is 9.25. The summed E-state index contributed by atoms with van der Waals surface area (Å²) in [4.78, 5) is 25.6. The van der Waals surface area contributed by atoms with Crippen molar-refractivity contribution in [2.24, 2.45) is 0 Å². The zero-order valence-electron chi connectivity index (χ0n) is 14.4. The van der Waals surface area contributed by atoms with Crippen LogP contribution < -0.4 is 20.6 Å². The lowest BCUT2D eigenvalue weighted by Crippen LogP contribution is -2.46. The second-order valence-corrected chi connectivity index (χ2v) is 8.55. The Bertz CT molecular complexity index is 1140. The van der Waals surface area contributed by atoms with Crippen LogP contribution in [0, 0.1) is 6.92 Å². The van der Waals surface area contributed by atoms with E-state index >= 15 is 0 Å². The lowest BCUT2D eigenvalue weighted by atomic mass is 10.1. The number of rotatable bonds is 6. The van der Waals surface area contributed by atoms with Gasteiger partial charge < -0.3 is 9.15 Å². The molecule has 0 aliphatic carbocycles. The average molecular weight is 408 g/mol. The van der Waals surface area contributed by atoms with Crippen molar-refractivity contribution in [3.8, 4) is 5.75 Å². The molecule has 10 heteroatoms. The Morgan fingerprint density at radius 2 is 2.04 bits per heavy atom. The molecule has 0 saturated heterocycles. The molecule has 3 aromatic rings. The molecule has 0 aliphatic heterocycles. The molecule has 3 rings (SSSR count). The van der Waals surface area contributed by atoms with E-state index in [-0.39, 0.29) is 4.21 Å².